The average molecular weight is 257 g/mol. The molecule has 18 heavy (non-hydrogen) atoms. The van der Waals surface area contributed by atoms with Gasteiger partial charge in [0.15, 0.2) is 5.96 Å². The molecule has 0 aliphatic heterocycles. The van der Waals surface area contributed by atoms with Crippen LogP contribution < -0.4 is 10.6 Å². The first-order valence-electron chi connectivity index (χ1n) is 7.29. The second kappa shape index (κ2) is 12.7. The Morgan fingerprint density at radius 3 is 2.56 bits per heavy atom. The number of nitrogens with zero attached hydrogens (tertiary/aromatic N) is 1. The lowest BCUT2D eigenvalue weighted by atomic mass is 10.00. The van der Waals surface area contributed by atoms with E-state index in [-0.39, 0.29) is 0 Å². The number of ether oxygens (including phenoxy) is 1. The molecule has 0 aliphatic carbocycles. The van der Waals surface area contributed by atoms with Crippen LogP contribution in [0.5, 0.6) is 0 Å². The molecule has 0 aliphatic rings. The van der Waals surface area contributed by atoms with Crippen LogP contribution in [0.15, 0.2) is 4.99 Å². The molecule has 0 saturated heterocycles. The highest BCUT2D eigenvalue weighted by molar-refractivity contribution is 5.79. The third-order valence-corrected chi connectivity index (χ3v) is 2.99. The van der Waals surface area contributed by atoms with Crippen molar-refractivity contribution in [2.75, 3.05) is 33.4 Å². The van der Waals surface area contributed by atoms with E-state index in [9.17, 15) is 0 Å². The minimum absolute atomic E-state index is 0.706. The molecular weight excluding hydrogens is 226 g/mol. The van der Waals surface area contributed by atoms with Crippen LogP contribution >= 0.6 is 0 Å². The fourth-order valence-corrected chi connectivity index (χ4v) is 1.75. The van der Waals surface area contributed by atoms with Crippen LogP contribution in [0.2, 0.25) is 0 Å². The van der Waals surface area contributed by atoms with Crippen LogP contribution in [0.1, 0.15) is 46.5 Å². The summed E-state index contributed by atoms with van der Waals surface area (Å²) in [5.41, 5.74) is 0. The summed E-state index contributed by atoms with van der Waals surface area (Å²) in [6.45, 7) is 9.89. The van der Waals surface area contributed by atoms with Crippen LogP contribution in [0, 0.1) is 5.92 Å². The molecule has 0 aromatic rings. The van der Waals surface area contributed by atoms with Gasteiger partial charge in [-0.3, -0.25) is 4.99 Å². The van der Waals surface area contributed by atoms with E-state index >= 15 is 0 Å². The number of guanidine groups is 1. The van der Waals surface area contributed by atoms with Crippen molar-refractivity contribution in [1.82, 2.24) is 10.6 Å². The van der Waals surface area contributed by atoms with E-state index in [1.54, 1.807) is 7.11 Å². The van der Waals surface area contributed by atoms with Gasteiger partial charge in [-0.15, -0.1) is 0 Å². The first-order valence-corrected chi connectivity index (χ1v) is 7.29. The Hall–Kier alpha value is -0.770. The van der Waals surface area contributed by atoms with Crippen molar-refractivity contribution in [2.45, 2.75) is 46.5 Å². The molecule has 108 valence electrons. The van der Waals surface area contributed by atoms with Gasteiger partial charge in [0, 0.05) is 26.7 Å². The Labute approximate surface area is 113 Å². The molecule has 0 bridgehead atoms. The third kappa shape index (κ3) is 9.28. The molecule has 1 unspecified atom stereocenters. The lowest BCUT2D eigenvalue weighted by molar-refractivity contribution is 0.203. The Morgan fingerprint density at radius 2 is 2.00 bits per heavy atom. The van der Waals surface area contributed by atoms with Crippen molar-refractivity contribution >= 4 is 5.96 Å². The van der Waals surface area contributed by atoms with Gasteiger partial charge >= 0.3 is 0 Å². The van der Waals surface area contributed by atoms with Gasteiger partial charge < -0.3 is 15.4 Å². The quantitative estimate of drug-likeness (QED) is 0.359. The second-order valence-corrected chi connectivity index (χ2v) is 4.56. The standard InChI is InChI=1S/C14H31N3O/c1-5-8-9-13(6-2)12-17-14(15-7-3)16-10-11-18-4/h13H,5-12H2,1-4H3,(H2,15,16,17). The van der Waals surface area contributed by atoms with Gasteiger partial charge in [-0.1, -0.05) is 33.1 Å². The van der Waals surface area contributed by atoms with Gasteiger partial charge in [0.2, 0.25) is 0 Å². The first kappa shape index (κ1) is 17.2. The number of aliphatic imine (C=N–C) groups is 1. The van der Waals surface area contributed by atoms with Crippen molar-refractivity contribution in [3.8, 4) is 0 Å². The van der Waals surface area contributed by atoms with E-state index in [0.717, 1.165) is 25.6 Å². The molecule has 0 radical (unpaired) electrons. The second-order valence-electron chi connectivity index (χ2n) is 4.56. The highest BCUT2D eigenvalue weighted by atomic mass is 16.5. The summed E-state index contributed by atoms with van der Waals surface area (Å²) >= 11 is 0. The molecule has 0 saturated carbocycles. The summed E-state index contributed by atoms with van der Waals surface area (Å²) in [5, 5.41) is 6.53. The van der Waals surface area contributed by atoms with Gasteiger partial charge in [0.25, 0.3) is 0 Å². The van der Waals surface area contributed by atoms with Crippen molar-refractivity contribution < 1.29 is 4.74 Å². The fourth-order valence-electron chi connectivity index (χ4n) is 1.75. The Balaban J connectivity index is 4.08. The number of nitrogens with one attached hydrogen (secondary N) is 2. The van der Waals surface area contributed by atoms with Gasteiger partial charge in [-0.05, 0) is 19.3 Å². The van der Waals surface area contributed by atoms with E-state index in [1.165, 1.54) is 25.7 Å². The third-order valence-electron chi connectivity index (χ3n) is 2.99. The zero-order valence-corrected chi connectivity index (χ0v) is 12.6. The SMILES string of the molecule is CCCCC(CC)CN=C(NCC)NCCOC. The molecule has 4 nitrogen and oxygen atoms in total. The normalized spacial score (nSPS) is 13.4. The fraction of sp³-hybridized carbons (Fsp3) is 0.929. The molecule has 0 aromatic heterocycles. The van der Waals surface area contributed by atoms with E-state index in [0.29, 0.717) is 12.5 Å². The molecule has 4 heteroatoms. The molecule has 0 aromatic carbocycles. The highest BCUT2D eigenvalue weighted by Gasteiger charge is 2.05. The minimum Gasteiger partial charge on any atom is -0.383 e. The largest absolute Gasteiger partial charge is 0.383 e. The zero-order valence-electron chi connectivity index (χ0n) is 12.6. The van der Waals surface area contributed by atoms with Crippen LogP contribution in [-0.2, 0) is 4.74 Å². The highest BCUT2D eigenvalue weighted by Crippen LogP contribution is 2.12. The van der Waals surface area contributed by atoms with E-state index in [4.69, 9.17) is 4.74 Å². The molecule has 1 atom stereocenters. The first-order chi connectivity index (χ1) is 8.78. The molecule has 0 rings (SSSR count). The summed E-state index contributed by atoms with van der Waals surface area (Å²) in [6.07, 6.45) is 5.07. The molecular formula is C14H31N3O. The van der Waals surface area contributed by atoms with Gasteiger partial charge in [0.1, 0.15) is 0 Å². The predicted octanol–water partition coefficient (Wildman–Crippen LogP) is 2.40. The number of hydrogen-bond acceptors (Lipinski definition) is 2. The lowest BCUT2D eigenvalue weighted by Crippen LogP contribution is -2.39. The van der Waals surface area contributed by atoms with E-state index in [1.807, 2.05) is 0 Å². The number of unbranched alkanes of at least 4 members (excludes halogenated alkanes) is 1. The van der Waals surface area contributed by atoms with Gasteiger partial charge in [-0.2, -0.15) is 0 Å². The van der Waals surface area contributed by atoms with Crippen molar-refractivity contribution in [3.05, 3.63) is 0 Å². The Morgan fingerprint density at radius 1 is 1.22 bits per heavy atom. The molecule has 0 spiro atoms. The summed E-state index contributed by atoms with van der Waals surface area (Å²) in [4.78, 5) is 4.65. The number of methoxy groups -OCH3 is 1. The molecule has 2 N–H and O–H groups in total. The Bertz CT molecular complexity index is 207. The minimum atomic E-state index is 0.706. The molecule has 0 heterocycles. The van der Waals surface area contributed by atoms with Crippen molar-refractivity contribution in [2.24, 2.45) is 10.9 Å². The maximum atomic E-state index is 5.02. The van der Waals surface area contributed by atoms with Gasteiger partial charge in [0.05, 0.1) is 6.61 Å². The smallest absolute Gasteiger partial charge is 0.191 e. The van der Waals surface area contributed by atoms with Crippen LogP contribution in [0.3, 0.4) is 0 Å². The zero-order chi connectivity index (χ0) is 13.6. The van der Waals surface area contributed by atoms with Crippen LogP contribution in [0.4, 0.5) is 0 Å². The van der Waals surface area contributed by atoms with Crippen LogP contribution in [-0.4, -0.2) is 39.3 Å². The predicted molar refractivity (Wildman–Crippen MR) is 79.2 cm³/mol. The summed E-state index contributed by atoms with van der Waals surface area (Å²) in [6, 6.07) is 0. The van der Waals surface area contributed by atoms with Gasteiger partial charge in [-0.25, -0.2) is 0 Å². The van der Waals surface area contributed by atoms with E-state index in [2.05, 4.69) is 36.4 Å². The summed E-state index contributed by atoms with van der Waals surface area (Å²) in [5.74, 6) is 1.62. The van der Waals surface area contributed by atoms with Crippen molar-refractivity contribution in [3.63, 3.8) is 0 Å². The Kier molecular flexibility index (Phi) is 12.1. The number of rotatable bonds is 10. The summed E-state index contributed by atoms with van der Waals surface area (Å²) < 4.78 is 5.02. The topological polar surface area (TPSA) is 45.7 Å². The summed E-state index contributed by atoms with van der Waals surface area (Å²) in [7, 11) is 1.71. The number of hydrogen-bond donors (Lipinski definition) is 2. The van der Waals surface area contributed by atoms with E-state index < -0.39 is 0 Å². The molecule has 0 fully saturated rings. The maximum absolute atomic E-state index is 5.02. The lowest BCUT2D eigenvalue weighted by Gasteiger charge is -2.14. The molecule has 0 amide bonds. The van der Waals surface area contributed by atoms with Crippen molar-refractivity contribution in [1.29, 1.82) is 0 Å². The monoisotopic (exact) mass is 257 g/mol. The average Bonchev–Trinajstić information content (AvgIpc) is 2.39. The maximum Gasteiger partial charge on any atom is 0.191 e. The van der Waals surface area contributed by atoms with Crippen LogP contribution in [0.25, 0.3) is 0 Å².